The van der Waals surface area contributed by atoms with Crippen LogP contribution in [0.3, 0.4) is 0 Å². The van der Waals surface area contributed by atoms with Crippen LogP contribution in [-0.4, -0.2) is 49.0 Å². The molecule has 284 valence electrons. The number of halogens is 3. The number of benzene rings is 2. The minimum absolute atomic E-state index is 0.111. The minimum atomic E-state index is -4.85. The topological polar surface area (TPSA) is 106 Å². The average molecular weight is 748 g/mol. The lowest BCUT2D eigenvalue weighted by Crippen LogP contribution is -2.60. The highest BCUT2D eigenvalue weighted by Crippen LogP contribution is 2.66. The Morgan fingerprint density at radius 1 is 0.855 bits per heavy atom. The number of allylic oxidation sites excluding steroid dienone is 2. The molecule has 0 radical (unpaired) electrons. The molecule has 2 aromatic heterocycles. The van der Waals surface area contributed by atoms with Gasteiger partial charge in [-0.1, -0.05) is 101 Å². The molecule has 1 saturated carbocycles. The van der Waals surface area contributed by atoms with Gasteiger partial charge in [0.2, 0.25) is 5.60 Å². The first-order valence-corrected chi connectivity index (χ1v) is 19.2. The van der Waals surface area contributed by atoms with Gasteiger partial charge in [-0.2, -0.15) is 28.6 Å². The molecule has 2 fully saturated rings. The maximum Gasteiger partial charge on any atom is 0.419 e. The number of fused-ring (bicyclic) bond motifs is 8. The van der Waals surface area contributed by atoms with Gasteiger partial charge >= 0.3 is 6.18 Å². The van der Waals surface area contributed by atoms with E-state index in [4.69, 9.17) is 14.9 Å². The van der Waals surface area contributed by atoms with E-state index in [0.717, 1.165) is 45.4 Å². The molecule has 1 aliphatic heterocycles. The summed E-state index contributed by atoms with van der Waals surface area (Å²) in [5, 5.41) is 20.4. The molecule has 0 amide bonds. The minimum Gasteiger partial charge on any atom is -0.342 e. The summed E-state index contributed by atoms with van der Waals surface area (Å²) in [6.45, 7) is 9.55. The maximum atomic E-state index is 15.0. The van der Waals surface area contributed by atoms with Crippen molar-refractivity contribution in [1.82, 2.24) is 19.6 Å². The Morgan fingerprint density at radius 3 is 2.04 bits per heavy atom. The van der Waals surface area contributed by atoms with E-state index in [2.05, 4.69) is 6.07 Å². The summed E-state index contributed by atoms with van der Waals surface area (Å²) in [5.74, 6) is -1.69. The molecule has 1 unspecified atom stereocenters. The highest BCUT2D eigenvalue weighted by molar-refractivity contribution is 6.03. The predicted octanol–water partition coefficient (Wildman–Crippen LogP) is 8.03. The number of aryl methyl sites for hydroxylation is 2. The SMILES string of the molecule is Cn1nc2c(c1-c1ccccc1)CC[C@H]1C(C)(CCn3nc4c(c3-c3ccccc3)CC[C@H]3C(C)(C)C(=O)[C@]5(C#N)O[C@@H]5[C@]43C)C(=O)C(C(F)(F)F)=C[C@]21C. The van der Waals surface area contributed by atoms with Gasteiger partial charge in [0.1, 0.15) is 12.2 Å². The van der Waals surface area contributed by atoms with Gasteiger partial charge in [-0.05, 0) is 43.9 Å². The van der Waals surface area contributed by atoms with Crippen LogP contribution in [0.25, 0.3) is 22.5 Å². The van der Waals surface area contributed by atoms with E-state index in [1.807, 2.05) is 100 Å². The predicted molar refractivity (Wildman–Crippen MR) is 199 cm³/mol. The van der Waals surface area contributed by atoms with Gasteiger partial charge in [-0.15, -0.1) is 0 Å². The quantitative estimate of drug-likeness (QED) is 0.192. The molecular formula is C44H44F3N5O3. The number of nitrogens with zero attached hydrogens (tertiary/aromatic N) is 5. The van der Waals surface area contributed by atoms with Crippen molar-refractivity contribution >= 4 is 11.6 Å². The van der Waals surface area contributed by atoms with Crippen molar-refractivity contribution in [3.05, 3.63) is 94.8 Å². The van der Waals surface area contributed by atoms with Crippen molar-refractivity contribution in [2.24, 2.45) is 29.7 Å². The van der Waals surface area contributed by atoms with E-state index >= 15 is 0 Å². The Balaban J connectivity index is 1.16. The van der Waals surface area contributed by atoms with Crippen LogP contribution in [0.5, 0.6) is 0 Å². The Labute approximate surface area is 318 Å². The fourth-order valence-corrected chi connectivity index (χ4v) is 11.8. The Bertz CT molecular complexity index is 2370. The Morgan fingerprint density at radius 2 is 1.44 bits per heavy atom. The number of epoxide rings is 1. The van der Waals surface area contributed by atoms with Crippen molar-refractivity contribution in [2.45, 2.75) is 102 Å². The first kappa shape index (κ1) is 35.9. The van der Waals surface area contributed by atoms with E-state index in [0.29, 0.717) is 31.4 Å². The van der Waals surface area contributed by atoms with Crippen LogP contribution in [0.2, 0.25) is 0 Å². The van der Waals surface area contributed by atoms with Crippen LogP contribution in [0.1, 0.15) is 76.4 Å². The van der Waals surface area contributed by atoms with Gasteiger partial charge in [0, 0.05) is 57.5 Å². The second-order valence-electron chi connectivity index (χ2n) is 17.6. The summed E-state index contributed by atoms with van der Waals surface area (Å²) in [6, 6.07) is 21.7. The zero-order valence-corrected chi connectivity index (χ0v) is 31.9. The number of nitriles is 1. The van der Waals surface area contributed by atoms with E-state index in [1.165, 1.54) is 0 Å². The number of ether oxygens (including phenoxy) is 1. The third-order valence-electron chi connectivity index (χ3n) is 14.4. The molecule has 4 aliphatic carbocycles. The van der Waals surface area contributed by atoms with Crippen molar-refractivity contribution < 1.29 is 27.5 Å². The summed E-state index contributed by atoms with van der Waals surface area (Å²) >= 11 is 0. The normalized spacial score (nSPS) is 33.0. The second-order valence-corrected chi connectivity index (χ2v) is 17.6. The van der Waals surface area contributed by atoms with E-state index in [-0.39, 0.29) is 24.7 Å². The highest BCUT2D eigenvalue weighted by Gasteiger charge is 2.80. The van der Waals surface area contributed by atoms with Crippen molar-refractivity contribution in [3.8, 4) is 28.6 Å². The zero-order valence-electron chi connectivity index (χ0n) is 31.9. The van der Waals surface area contributed by atoms with Gasteiger partial charge < -0.3 is 4.74 Å². The molecule has 2 aromatic carbocycles. The molecule has 1 saturated heterocycles. The van der Waals surface area contributed by atoms with Gasteiger partial charge in [0.15, 0.2) is 11.6 Å². The molecule has 4 aromatic rings. The summed E-state index contributed by atoms with van der Waals surface area (Å²) in [4.78, 5) is 28.1. The summed E-state index contributed by atoms with van der Waals surface area (Å²) in [7, 11) is 1.83. The van der Waals surface area contributed by atoms with Crippen molar-refractivity contribution in [2.75, 3.05) is 0 Å². The van der Waals surface area contributed by atoms with E-state index < -0.39 is 56.8 Å². The number of rotatable bonds is 5. The van der Waals surface area contributed by atoms with Gasteiger partial charge in [-0.3, -0.25) is 19.0 Å². The van der Waals surface area contributed by atoms with Gasteiger partial charge in [0.05, 0.1) is 28.3 Å². The first-order valence-electron chi connectivity index (χ1n) is 19.2. The van der Waals surface area contributed by atoms with Crippen LogP contribution >= 0.6 is 0 Å². The van der Waals surface area contributed by atoms with Crippen LogP contribution in [0, 0.1) is 34.0 Å². The number of aromatic nitrogens is 4. The number of Topliss-reactive ketones (excluding diaryl/α,β-unsaturated/α-hetero) is 2. The van der Waals surface area contributed by atoms with Gasteiger partial charge in [-0.25, -0.2) is 0 Å². The number of carbonyl (C=O) groups is 2. The molecule has 0 N–H and O–H groups in total. The molecule has 11 heteroatoms. The van der Waals surface area contributed by atoms with Crippen LogP contribution in [0.4, 0.5) is 13.2 Å². The molecule has 0 spiro atoms. The van der Waals surface area contributed by atoms with Crippen LogP contribution in [0.15, 0.2) is 72.3 Å². The molecular weight excluding hydrogens is 704 g/mol. The number of hydrogen-bond acceptors (Lipinski definition) is 6. The monoisotopic (exact) mass is 747 g/mol. The fraction of sp³-hybridized carbons (Fsp3) is 0.477. The zero-order chi connectivity index (χ0) is 39.1. The Kier molecular flexibility index (Phi) is 7.42. The fourth-order valence-electron chi connectivity index (χ4n) is 11.8. The third-order valence-corrected chi connectivity index (χ3v) is 14.4. The largest absolute Gasteiger partial charge is 0.419 e. The summed E-state index contributed by atoms with van der Waals surface area (Å²) < 4.78 is 54.7. The van der Waals surface area contributed by atoms with Crippen molar-refractivity contribution in [3.63, 3.8) is 0 Å². The van der Waals surface area contributed by atoms with E-state index in [9.17, 15) is 28.0 Å². The van der Waals surface area contributed by atoms with Crippen LogP contribution in [-0.2, 0) is 51.6 Å². The summed E-state index contributed by atoms with van der Waals surface area (Å²) in [5.41, 5.74) is -0.0114. The first-order chi connectivity index (χ1) is 25.9. The summed E-state index contributed by atoms with van der Waals surface area (Å²) in [6.07, 6.45) is -1.84. The second kappa shape index (κ2) is 11.4. The van der Waals surface area contributed by atoms with Crippen LogP contribution < -0.4 is 0 Å². The molecule has 8 nitrogen and oxygen atoms in total. The Hall–Kier alpha value is -4.82. The number of hydrogen-bond donors (Lipinski definition) is 0. The highest BCUT2D eigenvalue weighted by atomic mass is 19.4. The van der Waals surface area contributed by atoms with Gasteiger partial charge in [0.25, 0.3) is 0 Å². The lowest BCUT2D eigenvalue weighted by Gasteiger charge is -2.51. The average Bonchev–Trinajstić information content (AvgIpc) is 3.66. The van der Waals surface area contributed by atoms with Crippen molar-refractivity contribution in [1.29, 1.82) is 5.26 Å². The molecule has 0 bridgehead atoms. The molecule has 9 rings (SSSR count). The number of alkyl halides is 3. The number of carbonyl (C=O) groups excluding carboxylic acids is 2. The van der Waals surface area contributed by atoms with E-state index in [1.54, 1.807) is 11.6 Å². The smallest absolute Gasteiger partial charge is 0.342 e. The lowest BCUT2D eigenvalue weighted by molar-refractivity contribution is -0.145. The standard InChI is InChI=1S/C44H44F3N5O3/c1-39(2)30-19-17-28-33(26-15-11-8-12-16-26)52(50-35(28)42(30,5)38-43(24-48,55-38)37(39)54)22-21-40(3)31-20-18-27-32(25-13-9-7-10-14-25)51(6)49-34(27)41(31,4)23-29(36(40)53)44(45,46)47/h7-16,23,30-31,38H,17-22H2,1-6H3/t30-,31-,38+,40?,41-,42-,43-/m0/s1. The molecule has 5 aliphatic rings. The maximum absolute atomic E-state index is 15.0. The molecule has 3 heterocycles. The third kappa shape index (κ3) is 4.61. The number of ketones is 2. The molecule has 55 heavy (non-hydrogen) atoms. The lowest BCUT2D eigenvalue weighted by atomic mass is 9.49. The molecule has 7 atom stereocenters.